The van der Waals surface area contributed by atoms with E-state index in [-0.39, 0.29) is 11.1 Å². The van der Waals surface area contributed by atoms with Gasteiger partial charge in [-0.3, -0.25) is 0 Å². The summed E-state index contributed by atoms with van der Waals surface area (Å²) in [5.41, 5.74) is 0.198. The molecule has 0 aliphatic rings. The summed E-state index contributed by atoms with van der Waals surface area (Å²) in [5.74, 6) is -0.661. The van der Waals surface area contributed by atoms with Gasteiger partial charge in [-0.2, -0.15) is 5.26 Å². The van der Waals surface area contributed by atoms with Crippen molar-refractivity contribution in [2.24, 2.45) is 0 Å². The number of alkyl halides is 1. The van der Waals surface area contributed by atoms with Crippen LogP contribution in [0.2, 0.25) is 0 Å². The van der Waals surface area contributed by atoms with Crippen molar-refractivity contribution in [3.63, 3.8) is 0 Å². The Morgan fingerprint density at radius 1 is 1.45 bits per heavy atom. The third kappa shape index (κ3) is 1.53. The maximum atomic E-state index is 12.6. The molecule has 0 aromatic heterocycles. The van der Waals surface area contributed by atoms with E-state index in [0.717, 1.165) is 6.07 Å². The SMILES string of the molecule is N#Cc1ccc(CF)c(F)c1. The monoisotopic (exact) mass is 153 g/mol. The number of hydrogen-bond donors (Lipinski definition) is 0. The molecule has 0 heterocycles. The van der Waals surface area contributed by atoms with Gasteiger partial charge in [-0.25, -0.2) is 8.78 Å². The zero-order chi connectivity index (χ0) is 8.27. The first-order valence-electron chi connectivity index (χ1n) is 3.02. The van der Waals surface area contributed by atoms with Crippen LogP contribution in [-0.2, 0) is 6.67 Å². The Morgan fingerprint density at radius 2 is 2.18 bits per heavy atom. The molecule has 0 saturated carbocycles. The molecule has 0 aliphatic carbocycles. The summed E-state index contributed by atoms with van der Waals surface area (Å²) < 4.78 is 24.5. The lowest BCUT2D eigenvalue weighted by molar-refractivity contribution is 0.464. The number of nitriles is 1. The maximum Gasteiger partial charge on any atom is 0.130 e. The molecule has 0 fully saturated rings. The van der Waals surface area contributed by atoms with Gasteiger partial charge in [0.05, 0.1) is 11.6 Å². The number of halogens is 2. The van der Waals surface area contributed by atoms with E-state index in [9.17, 15) is 8.78 Å². The van der Waals surface area contributed by atoms with Crippen LogP contribution in [0.25, 0.3) is 0 Å². The van der Waals surface area contributed by atoms with Crippen LogP contribution < -0.4 is 0 Å². The van der Waals surface area contributed by atoms with Crippen LogP contribution in [0.5, 0.6) is 0 Å². The lowest BCUT2D eigenvalue weighted by Crippen LogP contribution is -1.86. The highest BCUT2D eigenvalue weighted by Gasteiger charge is 2.01. The molecule has 0 aliphatic heterocycles. The number of nitrogens with zero attached hydrogens (tertiary/aromatic N) is 1. The van der Waals surface area contributed by atoms with Crippen molar-refractivity contribution in [3.8, 4) is 6.07 Å². The number of rotatable bonds is 1. The highest BCUT2D eigenvalue weighted by atomic mass is 19.1. The van der Waals surface area contributed by atoms with Gasteiger partial charge in [-0.15, -0.1) is 0 Å². The molecule has 0 unspecified atom stereocenters. The van der Waals surface area contributed by atoms with Gasteiger partial charge in [0.25, 0.3) is 0 Å². The molecule has 0 spiro atoms. The second-order valence-electron chi connectivity index (χ2n) is 2.05. The predicted molar refractivity (Wildman–Crippen MR) is 35.9 cm³/mol. The first kappa shape index (κ1) is 7.67. The van der Waals surface area contributed by atoms with E-state index < -0.39 is 12.5 Å². The first-order chi connectivity index (χ1) is 5.27. The highest BCUT2D eigenvalue weighted by Crippen LogP contribution is 2.10. The standard InChI is InChI=1S/C8H5F2N/c9-4-7-2-1-6(5-11)3-8(7)10/h1-3H,4H2. The van der Waals surface area contributed by atoms with Crippen molar-refractivity contribution >= 4 is 0 Å². The van der Waals surface area contributed by atoms with E-state index in [1.807, 2.05) is 0 Å². The Kier molecular flexibility index (Phi) is 2.17. The summed E-state index contributed by atoms with van der Waals surface area (Å²) in [4.78, 5) is 0. The second-order valence-corrected chi connectivity index (χ2v) is 2.05. The summed E-state index contributed by atoms with van der Waals surface area (Å²) in [6.45, 7) is -0.836. The third-order valence-corrected chi connectivity index (χ3v) is 1.33. The summed E-state index contributed by atoms with van der Waals surface area (Å²) in [6.07, 6.45) is 0. The maximum absolute atomic E-state index is 12.6. The molecule has 0 amide bonds. The molecule has 0 N–H and O–H groups in total. The number of benzene rings is 1. The molecule has 1 aromatic carbocycles. The van der Waals surface area contributed by atoms with Crippen LogP contribution in [0.4, 0.5) is 8.78 Å². The molecular formula is C8H5F2N. The van der Waals surface area contributed by atoms with Crippen LogP contribution in [-0.4, -0.2) is 0 Å². The molecule has 0 saturated heterocycles. The van der Waals surface area contributed by atoms with Gasteiger partial charge in [0.1, 0.15) is 12.5 Å². The van der Waals surface area contributed by atoms with E-state index >= 15 is 0 Å². The van der Waals surface area contributed by atoms with Crippen molar-refractivity contribution < 1.29 is 8.78 Å². The minimum absolute atomic E-state index is 0.0102. The van der Waals surface area contributed by atoms with Crippen LogP contribution in [0, 0.1) is 17.1 Å². The van der Waals surface area contributed by atoms with Crippen molar-refractivity contribution in [1.29, 1.82) is 5.26 Å². The van der Waals surface area contributed by atoms with Crippen molar-refractivity contribution in [2.45, 2.75) is 6.67 Å². The molecule has 11 heavy (non-hydrogen) atoms. The van der Waals surface area contributed by atoms with E-state index in [1.54, 1.807) is 6.07 Å². The minimum atomic E-state index is -0.836. The van der Waals surface area contributed by atoms with Crippen molar-refractivity contribution in [1.82, 2.24) is 0 Å². The average Bonchev–Trinajstić information content (AvgIpc) is 2.04. The van der Waals surface area contributed by atoms with Crippen LogP contribution in [0.1, 0.15) is 11.1 Å². The zero-order valence-electron chi connectivity index (χ0n) is 5.64. The van der Waals surface area contributed by atoms with E-state index in [1.165, 1.54) is 12.1 Å². The zero-order valence-corrected chi connectivity index (χ0v) is 5.64. The van der Waals surface area contributed by atoms with Crippen molar-refractivity contribution in [3.05, 3.63) is 35.1 Å². The molecule has 56 valence electrons. The summed E-state index contributed by atoms with van der Waals surface area (Å²) in [7, 11) is 0. The fraction of sp³-hybridized carbons (Fsp3) is 0.125. The smallest absolute Gasteiger partial charge is 0.130 e. The fourth-order valence-corrected chi connectivity index (χ4v) is 0.725. The Labute approximate surface area is 62.9 Å². The molecule has 1 rings (SSSR count). The van der Waals surface area contributed by atoms with Crippen LogP contribution in [0.3, 0.4) is 0 Å². The van der Waals surface area contributed by atoms with E-state index in [0.29, 0.717) is 0 Å². The molecule has 0 bridgehead atoms. The highest BCUT2D eigenvalue weighted by molar-refractivity contribution is 5.32. The lowest BCUT2D eigenvalue weighted by Gasteiger charge is -1.95. The Morgan fingerprint density at radius 3 is 2.64 bits per heavy atom. The first-order valence-corrected chi connectivity index (χ1v) is 3.02. The van der Waals surface area contributed by atoms with Gasteiger partial charge < -0.3 is 0 Å². The average molecular weight is 153 g/mol. The topological polar surface area (TPSA) is 23.8 Å². The van der Waals surface area contributed by atoms with E-state index in [4.69, 9.17) is 5.26 Å². The third-order valence-electron chi connectivity index (χ3n) is 1.33. The molecular weight excluding hydrogens is 148 g/mol. The van der Waals surface area contributed by atoms with Gasteiger partial charge >= 0.3 is 0 Å². The Hall–Kier alpha value is -1.43. The van der Waals surface area contributed by atoms with Gasteiger partial charge in [0.2, 0.25) is 0 Å². The van der Waals surface area contributed by atoms with Gasteiger partial charge in [0, 0.05) is 5.56 Å². The molecule has 1 aromatic rings. The van der Waals surface area contributed by atoms with E-state index in [2.05, 4.69) is 0 Å². The molecule has 1 nitrogen and oxygen atoms in total. The summed E-state index contributed by atoms with van der Waals surface area (Å²) >= 11 is 0. The Bertz CT molecular complexity index is 301. The Balaban J connectivity index is 3.12. The van der Waals surface area contributed by atoms with Gasteiger partial charge in [-0.05, 0) is 12.1 Å². The van der Waals surface area contributed by atoms with Crippen LogP contribution >= 0.6 is 0 Å². The summed E-state index contributed by atoms with van der Waals surface area (Å²) in [6, 6.07) is 5.44. The molecule has 0 radical (unpaired) electrons. The van der Waals surface area contributed by atoms with Gasteiger partial charge in [0.15, 0.2) is 0 Å². The quantitative estimate of drug-likeness (QED) is 0.606. The van der Waals surface area contributed by atoms with Crippen LogP contribution in [0.15, 0.2) is 18.2 Å². The lowest BCUT2D eigenvalue weighted by atomic mass is 10.1. The summed E-state index contributed by atoms with van der Waals surface area (Å²) in [5, 5.41) is 8.32. The molecule has 0 atom stereocenters. The largest absolute Gasteiger partial charge is 0.246 e. The predicted octanol–water partition coefficient (Wildman–Crippen LogP) is 2.17. The normalized spacial score (nSPS) is 9.18. The number of hydrogen-bond acceptors (Lipinski definition) is 1. The van der Waals surface area contributed by atoms with Crippen molar-refractivity contribution in [2.75, 3.05) is 0 Å². The minimum Gasteiger partial charge on any atom is -0.246 e. The van der Waals surface area contributed by atoms with Gasteiger partial charge in [-0.1, -0.05) is 6.07 Å². The fourth-order valence-electron chi connectivity index (χ4n) is 0.725. The second kappa shape index (κ2) is 3.11. The molecule has 3 heteroatoms.